The monoisotopic (exact) mass is 382 g/mol. The summed E-state index contributed by atoms with van der Waals surface area (Å²) in [5.41, 5.74) is 1.07. The van der Waals surface area contributed by atoms with Gasteiger partial charge in [-0.15, -0.1) is 0 Å². The van der Waals surface area contributed by atoms with E-state index in [2.05, 4.69) is 15.9 Å². The average molecular weight is 384 g/mol. The zero-order valence-electron chi connectivity index (χ0n) is 11.6. The largest absolute Gasteiger partial charge is 0.337 e. The highest BCUT2D eigenvalue weighted by Gasteiger charge is 2.18. The molecule has 7 heteroatoms. The summed E-state index contributed by atoms with van der Waals surface area (Å²) in [4.78, 5) is 24.0. The van der Waals surface area contributed by atoms with Crippen LogP contribution in [0.15, 0.2) is 46.9 Å². The topological polar surface area (TPSA) is 63.5 Å². The lowest BCUT2D eigenvalue weighted by Crippen LogP contribution is -2.26. The number of benzene rings is 2. The summed E-state index contributed by atoms with van der Waals surface area (Å²) in [6.45, 7) is 0.416. The second-order valence-electron chi connectivity index (χ2n) is 4.71. The number of rotatable bonds is 4. The first-order valence-electron chi connectivity index (χ1n) is 6.32. The second-order valence-corrected chi connectivity index (χ2v) is 6.03. The number of nitro groups is 1. The summed E-state index contributed by atoms with van der Waals surface area (Å²) in [6, 6.07) is 11.4. The fourth-order valence-corrected chi connectivity index (χ4v) is 2.45. The molecule has 0 unspecified atom stereocenters. The van der Waals surface area contributed by atoms with E-state index in [4.69, 9.17) is 11.6 Å². The summed E-state index contributed by atoms with van der Waals surface area (Å²) in [6.07, 6.45) is 0. The van der Waals surface area contributed by atoms with Crippen LogP contribution in [0.25, 0.3) is 0 Å². The van der Waals surface area contributed by atoms with Crippen molar-refractivity contribution in [1.82, 2.24) is 4.90 Å². The molecule has 0 aliphatic heterocycles. The minimum Gasteiger partial charge on any atom is -0.337 e. The van der Waals surface area contributed by atoms with E-state index in [-0.39, 0.29) is 22.2 Å². The lowest BCUT2D eigenvalue weighted by atomic mass is 10.1. The Kier molecular flexibility index (Phi) is 5.15. The standard InChI is InChI=1S/C15H12BrClN2O3/c1-18(9-10-2-4-11(16)5-3-10)15(20)13-7-6-12(19(21)22)8-14(13)17/h2-8H,9H2,1H3. The smallest absolute Gasteiger partial charge is 0.270 e. The average Bonchev–Trinajstić information content (AvgIpc) is 2.48. The first kappa shape index (κ1) is 16.5. The van der Waals surface area contributed by atoms with Gasteiger partial charge in [0.2, 0.25) is 0 Å². The van der Waals surface area contributed by atoms with E-state index in [0.29, 0.717) is 6.54 Å². The van der Waals surface area contributed by atoms with Crippen molar-refractivity contribution in [2.24, 2.45) is 0 Å². The van der Waals surface area contributed by atoms with Gasteiger partial charge in [-0.05, 0) is 23.8 Å². The van der Waals surface area contributed by atoms with Crippen molar-refractivity contribution in [2.45, 2.75) is 6.54 Å². The van der Waals surface area contributed by atoms with E-state index in [1.165, 1.54) is 23.1 Å². The molecule has 0 saturated heterocycles. The van der Waals surface area contributed by atoms with Gasteiger partial charge in [-0.25, -0.2) is 0 Å². The zero-order valence-corrected chi connectivity index (χ0v) is 14.0. The third kappa shape index (κ3) is 3.84. The van der Waals surface area contributed by atoms with Crippen LogP contribution >= 0.6 is 27.5 Å². The van der Waals surface area contributed by atoms with Crippen molar-refractivity contribution in [3.63, 3.8) is 0 Å². The molecule has 0 saturated carbocycles. The Labute approximate surface area is 140 Å². The molecule has 0 aliphatic rings. The Morgan fingerprint density at radius 2 is 1.91 bits per heavy atom. The number of nitro benzene ring substituents is 1. The number of halogens is 2. The molecule has 0 aliphatic carbocycles. The van der Waals surface area contributed by atoms with Gasteiger partial charge in [0.05, 0.1) is 15.5 Å². The Bertz CT molecular complexity index is 719. The Morgan fingerprint density at radius 1 is 1.27 bits per heavy atom. The van der Waals surface area contributed by atoms with Crippen molar-refractivity contribution in [3.8, 4) is 0 Å². The number of carbonyl (C=O) groups is 1. The normalized spacial score (nSPS) is 10.3. The minimum absolute atomic E-state index is 0.0712. The summed E-state index contributed by atoms with van der Waals surface area (Å²) in [7, 11) is 1.65. The van der Waals surface area contributed by atoms with Crippen LogP contribution in [0.1, 0.15) is 15.9 Å². The zero-order chi connectivity index (χ0) is 16.3. The molecule has 0 aromatic heterocycles. The number of hydrogen-bond acceptors (Lipinski definition) is 3. The van der Waals surface area contributed by atoms with Gasteiger partial charge < -0.3 is 4.90 Å². The molecule has 114 valence electrons. The van der Waals surface area contributed by atoms with Gasteiger partial charge >= 0.3 is 0 Å². The summed E-state index contributed by atoms with van der Waals surface area (Å²) in [5, 5.41) is 10.8. The number of amides is 1. The van der Waals surface area contributed by atoms with E-state index in [1.807, 2.05) is 24.3 Å². The Morgan fingerprint density at radius 3 is 2.45 bits per heavy atom. The molecular weight excluding hydrogens is 372 g/mol. The molecule has 0 spiro atoms. The number of carbonyl (C=O) groups excluding carboxylic acids is 1. The lowest BCUT2D eigenvalue weighted by molar-refractivity contribution is -0.384. The van der Waals surface area contributed by atoms with Crippen molar-refractivity contribution in [1.29, 1.82) is 0 Å². The maximum absolute atomic E-state index is 12.4. The van der Waals surface area contributed by atoms with Crippen molar-refractivity contribution in [3.05, 3.63) is 73.2 Å². The maximum Gasteiger partial charge on any atom is 0.270 e. The molecule has 0 fully saturated rings. The molecule has 0 bridgehead atoms. The molecule has 0 N–H and O–H groups in total. The first-order chi connectivity index (χ1) is 10.4. The van der Waals surface area contributed by atoms with Crippen LogP contribution in [0.4, 0.5) is 5.69 Å². The lowest BCUT2D eigenvalue weighted by Gasteiger charge is -2.18. The molecule has 0 heterocycles. The van der Waals surface area contributed by atoms with Gasteiger partial charge in [-0.2, -0.15) is 0 Å². The van der Waals surface area contributed by atoms with Gasteiger partial charge in [-0.1, -0.05) is 39.7 Å². The molecule has 5 nitrogen and oxygen atoms in total. The van der Waals surface area contributed by atoms with Gasteiger partial charge in [0.25, 0.3) is 11.6 Å². The van der Waals surface area contributed by atoms with Crippen LogP contribution in [0, 0.1) is 10.1 Å². The van der Waals surface area contributed by atoms with E-state index in [9.17, 15) is 14.9 Å². The molecule has 22 heavy (non-hydrogen) atoms. The Balaban J connectivity index is 2.16. The molecule has 2 aromatic carbocycles. The Hall–Kier alpha value is -1.92. The third-order valence-corrected chi connectivity index (χ3v) is 3.91. The van der Waals surface area contributed by atoms with Gasteiger partial charge in [0.1, 0.15) is 0 Å². The fourth-order valence-electron chi connectivity index (χ4n) is 1.93. The van der Waals surface area contributed by atoms with Crippen LogP contribution in [-0.4, -0.2) is 22.8 Å². The molecule has 0 radical (unpaired) electrons. The van der Waals surface area contributed by atoms with Crippen molar-refractivity contribution in [2.75, 3.05) is 7.05 Å². The highest BCUT2D eigenvalue weighted by molar-refractivity contribution is 9.10. The van der Waals surface area contributed by atoms with Gasteiger partial charge in [0.15, 0.2) is 0 Å². The molecule has 2 aromatic rings. The molecule has 1 amide bonds. The van der Waals surface area contributed by atoms with Crippen LogP contribution < -0.4 is 0 Å². The predicted octanol–water partition coefficient (Wildman–Crippen LogP) is 4.28. The number of nitrogens with zero attached hydrogens (tertiary/aromatic N) is 2. The van der Waals surface area contributed by atoms with Crippen LogP contribution in [0.3, 0.4) is 0 Å². The minimum atomic E-state index is -0.550. The number of non-ortho nitro benzene ring substituents is 1. The maximum atomic E-state index is 12.4. The number of hydrogen-bond donors (Lipinski definition) is 0. The molecule has 2 rings (SSSR count). The predicted molar refractivity (Wildman–Crippen MR) is 88.0 cm³/mol. The first-order valence-corrected chi connectivity index (χ1v) is 7.49. The quantitative estimate of drug-likeness (QED) is 0.584. The van der Waals surface area contributed by atoms with Crippen molar-refractivity contribution < 1.29 is 9.72 Å². The highest BCUT2D eigenvalue weighted by Crippen LogP contribution is 2.24. The molecule has 0 atom stereocenters. The van der Waals surface area contributed by atoms with Crippen LogP contribution in [-0.2, 0) is 6.54 Å². The second kappa shape index (κ2) is 6.89. The SMILES string of the molecule is CN(Cc1ccc(Br)cc1)C(=O)c1ccc([N+](=O)[O-])cc1Cl. The van der Waals surface area contributed by atoms with E-state index >= 15 is 0 Å². The van der Waals surface area contributed by atoms with Gasteiger partial charge in [0, 0.05) is 30.2 Å². The third-order valence-electron chi connectivity index (χ3n) is 3.07. The summed E-state index contributed by atoms with van der Waals surface area (Å²) >= 11 is 9.33. The summed E-state index contributed by atoms with van der Waals surface area (Å²) < 4.78 is 0.962. The van der Waals surface area contributed by atoms with E-state index in [0.717, 1.165) is 10.0 Å². The van der Waals surface area contributed by atoms with Crippen molar-refractivity contribution >= 4 is 39.1 Å². The molecular formula is C15H12BrClN2O3. The van der Waals surface area contributed by atoms with Crippen LogP contribution in [0.2, 0.25) is 5.02 Å². The summed E-state index contributed by atoms with van der Waals surface area (Å²) in [5.74, 6) is -0.289. The highest BCUT2D eigenvalue weighted by atomic mass is 79.9. The van der Waals surface area contributed by atoms with E-state index in [1.54, 1.807) is 7.05 Å². The van der Waals surface area contributed by atoms with E-state index < -0.39 is 4.92 Å². The van der Waals surface area contributed by atoms with Gasteiger partial charge in [-0.3, -0.25) is 14.9 Å². The van der Waals surface area contributed by atoms with Crippen LogP contribution in [0.5, 0.6) is 0 Å². The fraction of sp³-hybridized carbons (Fsp3) is 0.133.